The number of benzene rings is 2. The molecule has 18 heavy (non-hydrogen) atoms. The summed E-state index contributed by atoms with van der Waals surface area (Å²) in [6.45, 7) is 2.09. The minimum atomic E-state index is -0.341. The largest absolute Gasteiger partial charge is 0.454 e. The van der Waals surface area contributed by atoms with Gasteiger partial charge in [-0.1, -0.05) is 47.1 Å². The molecule has 0 amide bonds. The molecule has 2 aromatic rings. The first-order valence-corrected chi connectivity index (χ1v) is 6.97. The Hall–Kier alpha value is -1.35. The van der Waals surface area contributed by atoms with Crippen LogP contribution in [0.1, 0.15) is 18.1 Å². The van der Waals surface area contributed by atoms with Crippen LogP contribution < -0.4 is 4.74 Å². The van der Waals surface area contributed by atoms with E-state index in [0.717, 1.165) is 12.0 Å². The van der Waals surface area contributed by atoms with Gasteiger partial charge in [-0.25, -0.2) is 4.39 Å². The Labute approximate surface area is 115 Å². The second kappa shape index (κ2) is 6.01. The van der Waals surface area contributed by atoms with Gasteiger partial charge in [0.15, 0.2) is 11.6 Å². The predicted molar refractivity (Wildman–Crippen MR) is 74.9 cm³/mol. The molecule has 0 aromatic heterocycles. The summed E-state index contributed by atoms with van der Waals surface area (Å²) in [5.41, 5.74) is 2.03. The van der Waals surface area contributed by atoms with E-state index in [9.17, 15) is 4.39 Å². The van der Waals surface area contributed by atoms with Gasteiger partial charge in [-0.2, -0.15) is 0 Å². The fraction of sp³-hybridized carbons (Fsp3) is 0.200. The van der Waals surface area contributed by atoms with Crippen molar-refractivity contribution in [1.82, 2.24) is 0 Å². The quantitative estimate of drug-likeness (QED) is 0.716. The second-order valence-corrected chi connectivity index (χ2v) is 4.52. The summed E-state index contributed by atoms with van der Waals surface area (Å²) >= 11 is 3.33. The van der Waals surface area contributed by atoms with Gasteiger partial charge in [0.05, 0.1) is 0 Å². The van der Waals surface area contributed by atoms with Crippen LogP contribution in [0.3, 0.4) is 0 Å². The first kappa shape index (κ1) is 13.1. The molecule has 0 saturated carbocycles. The Morgan fingerprint density at radius 1 is 1.11 bits per heavy atom. The molecule has 0 aliphatic carbocycles. The lowest BCUT2D eigenvalue weighted by atomic mass is 10.1. The van der Waals surface area contributed by atoms with E-state index in [-0.39, 0.29) is 5.82 Å². The summed E-state index contributed by atoms with van der Waals surface area (Å²) in [7, 11) is 0. The van der Waals surface area contributed by atoms with E-state index < -0.39 is 0 Å². The number of ether oxygens (including phenoxy) is 1. The summed E-state index contributed by atoms with van der Waals surface area (Å²) in [5.74, 6) is 0.602. The van der Waals surface area contributed by atoms with Gasteiger partial charge in [0.2, 0.25) is 0 Å². The summed E-state index contributed by atoms with van der Waals surface area (Å²) < 4.78 is 19.3. The molecule has 0 bridgehead atoms. The van der Waals surface area contributed by atoms with E-state index in [4.69, 9.17) is 4.74 Å². The molecule has 0 aliphatic rings. The fourth-order valence-electron chi connectivity index (χ4n) is 1.68. The number of hydrogen-bond acceptors (Lipinski definition) is 1. The topological polar surface area (TPSA) is 9.23 Å². The van der Waals surface area contributed by atoms with Gasteiger partial charge in [-0.05, 0) is 30.2 Å². The number of para-hydroxylation sites is 1. The number of hydrogen-bond donors (Lipinski definition) is 0. The molecule has 0 atom stereocenters. The van der Waals surface area contributed by atoms with Crippen LogP contribution in [0.25, 0.3) is 0 Å². The molecule has 3 heteroatoms. The molecule has 0 N–H and O–H groups in total. The lowest BCUT2D eigenvalue weighted by Crippen LogP contribution is -1.93. The van der Waals surface area contributed by atoms with Gasteiger partial charge in [0, 0.05) is 10.9 Å². The highest BCUT2D eigenvalue weighted by atomic mass is 79.9. The monoisotopic (exact) mass is 308 g/mol. The zero-order valence-electron chi connectivity index (χ0n) is 10.1. The Morgan fingerprint density at radius 2 is 1.83 bits per heavy atom. The molecule has 2 rings (SSSR count). The molecule has 0 heterocycles. The summed E-state index contributed by atoms with van der Waals surface area (Å²) in [6.07, 6.45) is 0.979. The highest BCUT2D eigenvalue weighted by Crippen LogP contribution is 2.29. The number of halogens is 2. The molecule has 0 saturated heterocycles. The minimum Gasteiger partial charge on any atom is -0.454 e. The lowest BCUT2D eigenvalue weighted by molar-refractivity contribution is 0.438. The molecule has 0 unspecified atom stereocenters. The third kappa shape index (κ3) is 2.91. The number of aryl methyl sites for hydroxylation is 1. The zero-order valence-corrected chi connectivity index (χ0v) is 11.7. The van der Waals surface area contributed by atoms with E-state index >= 15 is 0 Å². The van der Waals surface area contributed by atoms with Gasteiger partial charge in [-0.15, -0.1) is 0 Å². The van der Waals surface area contributed by atoms with Gasteiger partial charge in [0.1, 0.15) is 5.75 Å². The van der Waals surface area contributed by atoms with Crippen molar-refractivity contribution in [3.8, 4) is 11.5 Å². The third-order valence-corrected chi connectivity index (χ3v) is 3.35. The zero-order chi connectivity index (χ0) is 13.0. The lowest BCUT2D eigenvalue weighted by Gasteiger charge is -2.10. The molecule has 0 spiro atoms. The maximum absolute atomic E-state index is 13.7. The molecule has 0 aliphatic heterocycles. The van der Waals surface area contributed by atoms with E-state index in [0.29, 0.717) is 16.8 Å². The maximum Gasteiger partial charge on any atom is 0.167 e. The van der Waals surface area contributed by atoms with Crippen molar-refractivity contribution < 1.29 is 9.13 Å². The summed E-state index contributed by atoms with van der Waals surface area (Å²) in [4.78, 5) is 0. The van der Waals surface area contributed by atoms with Crippen molar-refractivity contribution in [3.63, 3.8) is 0 Å². The Kier molecular flexibility index (Phi) is 4.37. The summed E-state index contributed by atoms with van der Waals surface area (Å²) in [6, 6.07) is 12.6. The van der Waals surface area contributed by atoms with Crippen molar-refractivity contribution in [2.24, 2.45) is 0 Å². The van der Waals surface area contributed by atoms with Crippen LogP contribution in [0.15, 0.2) is 42.5 Å². The van der Waals surface area contributed by atoms with E-state index in [2.05, 4.69) is 22.9 Å². The standard InChI is InChI=1S/C15H14BrFO/c1-2-11-6-8-13(9-7-11)18-15-12(10-16)4-3-5-14(15)17/h3-9H,2,10H2,1H3. The Bertz CT molecular complexity index is 523. The van der Waals surface area contributed by atoms with Crippen molar-refractivity contribution in [3.05, 3.63) is 59.4 Å². The van der Waals surface area contributed by atoms with E-state index in [1.165, 1.54) is 11.6 Å². The molecular formula is C15H14BrFO. The Balaban J connectivity index is 2.27. The van der Waals surface area contributed by atoms with E-state index in [1.807, 2.05) is 30.3 Å². The smallest absolute Gasteiger partial charge is 0.167 e. The maximum atomic E-state index is 13.7. The average molecular weight is 309 g/mol. The third-order valence-electron chi connectivity index (χ3n) is 2.74. The van der Waals surface area contributed by atoms with Crippen molar-refractivity contribution in [2.75, 3.05) is 0 Å². The van der Waals surface area contributed by atoms with Gasteiger partial charge >= 0.3 is 0 Å². The number of rotatable bonds is 4. The van der Waals surface area contributed by atoms with Crippen molar-refractivity contribution >= 4 is 15.9 Å². The molecule has 94 valence electrons. The van der Waals surface area contributed by atoms with Crippen LogP contribution in [-0.4, -0.2) is 0 Å². The van der Waals surface area contributed by atoms with Crippen LogP contribution >= 0.6 is 15.9 Å². The highest BCUT2D eigenvalue weighted by molar-refractivity contribution is 9.08. The number of alkyl halides is 1. The molecule has 0 fully saturated rings. The van der Waals surface area contributed by atoms with Crippen molar-refractivity contribution in [1.29, 1.82) is 0 Å². The average Bonchev–Trinajstić information content (AvgIpc) is 2.42. The van der Waals surface area contributed by atoms with Crippen LogP contribution in [0.5, 0.6) is 11.5 Å². The Morgan fingerprint density at radius 3 is 2.44 bits per heavy atom. The predicted octanol–water partition coefficient (Wildman–Crippen LogP) is 5.08. The first-order chi connectivity index (χ1) is 8.74. The molecule has 2 aromatic carbocycles. The molecular weight excluding hydrogens is 295 g/mol. The van der Waals surface area contributed by atoms with Gasteiger partial charge in [-0.3, -0.25) is 0 Å². The molecule has 0 radical (unpaired) electrons. The highest BCUT2D eigenvalue weighted by Gasteiger charge is 2.09. The molecule has 1 nitrogen and oxygen atoms in total. The van der Waals surface area contributed by atoms with Crippen LogP contribution in [-0.2, 0) is 11.8 Å². The van der Waals surface area contributed by atoms with Gasteiger partial charge in [0.25, 0.3) is 0 Å². The van der Waals surface area contributed by atoms with Crippen LogP contribution in [0.2, 0.25) is 0 Å². The normalized spacial score (nSPS) is 10.4. The summed E-state index contributed by atoms with van der Waals surface area (Å²) in [5, 5.41) is 0.563. The minimum absolute atomic E-state index is 0.290. The second-order valence-electron chi connectivity index (χ2n) is 3.96. The van der Waals surface area contributed by atoms with Crippen LogP contribution in [0.4, 0.5) is 4.39 Å². The SMILES string of the molecule is CCc1ccc(Oc2c(F)cccc2CBr)cc1. The van der Waals surface area contributed by atoms with Gasteiger partial charge < -0.3 is 4.74 Å². The fourth-order valence-corrected chi connectivity index (χ4v) is 2.13. The van der Waals surface area contributed by atoms with Crippen LogP contribution in [0, 0.1) is 5.82 Å². The van der Waals surface area contributed by atoms with Crippen molar-refractivity contribution in [2.45, 2.75) is 18.7 Å². The first-order valence-electron chi connectivity index (χ1n) is 5.84. The van der Waals surface area contributed by atoms with E-state index in [1.54, 1.807) is 6.07 Å².